The lowest BCUT2D eigenvalue weighted by Crippen LogP contribution is -2.34. The van der Waals surface area contributed by atoms with Gasteiger partial charge in [0.15, 0.2) is 11.5 Å². The predicted octanol–water partition coefficient (Wildman–Crippen LogP) is 1.83. The van der Waals surface area contributed by atoms with Crippen molar-refractivity contribution in [2.24, 2.45) is 5.73 Å². The van der Waals surface area contributed by atoms with Gasteiger partial charge in [-0.2, -0.15) is 0 Å². The molecule has 17 heavy (non-hydrogen) atoms. The van der Waals surface area contributed by atoms with Gasteiger partial charge >= 0.3 is 0 Å². The molecule has 1 aromatic rings. The van der Waals surface area contributed by atoms with Gasteiger partial charge in [0.2, 0.25) is 0 Å². The summed E-state index contributed by atoms with van der Waals surface area (Å²) in [7, 11) is 0. The molecular formula is C13H19NO3. The zero-order chi connectivity index (χ0) is 12.5. The van der Waals surface area contributed by atoms with Gasteiger partial charge in [-0.3, -0.25) is 0 Å². The molecule has 0 atom stereocenters. The first-order valence-corrected chi connectivity index (χ1v) is 5.86. The molecule has 1 aromatic carbocycles. The van der Waals surface area contributed by atoms with Crippen LogP contribution in [0.2, 0.25) is 0 Å². The van der Waals surface area contributed by atoms with Crippen LogP contribution in [0, 0.1) is 0 Å². The minimum atomic E-state index is -0.364. The van der Waals surface area contributed by atoms with E-state index in [2.05, 4.69) is 0 Å². The summed E-state index contributed by atoms with van der Waals surface area (Å²) in [6.45, 7) is 5.11. The fraction of sp³-hybridized carbons (Fsp3) is 0.538. The first-order valence-electron chi connectivity index (χ1n) is 5.86. The summed E-state index contributed by atoms with van der Waals surface area (Å²) in [5.74, 6) is 1.52. The molecule has 3 N–H and O–H groups in total. The van der Waals surface area contributed by atoms with Crippen molar-refractivity contribution < 1.29 is 14.6 Å². The van der Waals surface area contributed by atoms with Crippen LogP contribution in [0.25, 0.3) is 0 Å². The topological polar surface area (TPSA) is 64.7 Å². The SMILES string of the molecule is CC(C)(N)Cc1cc2c(cc1O)OCCCO2. The van der Waals surface area contributed by atoms with E-state index in [1.54, 1.807) is 6.07 Å². The van der Waals surface area contributed by atoms with E-state index >= 15 is 0 Å². The molecule has 4 nitrogen and oxygen atoms in total. The second kappa shape index (κ2) is 4.45. The summed E-state index contributed by atoms with van der Waals surface area (Å²) >= 11 is 0. The van der Waals surface area contributed by atoms with E-state index in [0.717, 1.165) is 12.0 Å². The molecule has 4 heteroatoms. The Labute approximate surface area is 101 Å². The molecule has 0 radical (unpaired) electrons. The Morgan fingerprint density at radius 2 is 1.82 bits per heavy atom. The van der Waals surface area contributed by atoms with Gasteiger partial charge in [0.05, 0.1) is 13.2 Å². The highest BCUT2D eigenvalue weighted by molar-refractivity contribution is 5.50. The van der Waals surface area contributed by atoms with E-state index in [1.165, 1.54) is 0 Å². The van der Waals surface area contributed by atoms with Crippen molar-refractivity contribution in [2.45, 2.75) is 32.2 Å². The summed E-state index contributed by atoms with van der Waals surface area (Å²) in [6.07, 6.45) is 1.45. The van der Waals surface area contributed by atoms with Gasteiger partial charge in [-0.1, -0.05) is 0 Å². The van der Waals surface area contributed by atoms with E-state index in [0.29, 0.717) is 31.1 Å². The molecule has 94 valence electrons. The van der Waals surface area contributed by atoms with Crippen molar-refractivity contribution >= 4 is 0 Å². The van der Waals surface area contributed by atoms with Crippen LogP contribution in [0.4, 0.5) is 0 Å². The monoisotopic (exact) mass is 237 g/mol. The minimum Gasteiger partial charge on any atom is -0.508 e. The Kier molecular flexibility index (Phi) is 3.15. The lowest BCUT2D eigenvalue weighted by atomic mass is 9.95. The number of fused-ring (bicyclic) bond motifs is 1. The largest absolute Gasteiger partial charge is 0.508 e. The molecule has 1 heterocycles. The first kappa shape index (κ1) is 12.0. The number of aromatic hydroxyl groups is 1. The summed E-state index contributed by atoms with van der Waals surface area (Å²) in [5, 5.41) is 9.93. The summed E-state index contributed by atoms with van der Waals surface area (Å²) < 4.78 is 11.1. The van der Waals surface area contributed by atoms with Gasteiger partial charge < -0.3 is 20.3 Å². The highest BCUT2D eigenvalue weighted by atomic mass is 16.5. The molecule has 1 aliphatic rings. The Balaban J connectivity index is 2.32. The average molecular weight is 237 g/mol. The van der Waals surface area contributed by atoms with Gasteiger partial charge in [0, 0.05) is 18.0 Å². The maximum Gasteiger partial charge on any atom is 0.164 e. The summed E-state index contributed by atoms with van der Waals surface area (Å²) in [6, 6.07) is 3.44. The zero-order valence-corrected chi connectivity index (χ0v) is 10.3. The lowest BCUT2D eigenvalue weighted by Gasteiger charge is -2.20. The normalized spacial score (nSPS) is 15.5. The van der Waals surface area contributed by atoms with E-state index in [-0.39, 0.29) is 11.3 Å². The number of rotatable bonds is 2. The smallest absolute Gasteiger partial charge is 0.164 e. The Bertz CT molecular complexity index is 410. The van der Waals surface area contributed by atoms with Crippen LogP contribution in [0.15, 0.2) is 12.1 Å². The van der Waals surface area contributed by atoms with Crippen LogP contribution < -0.4 is 15.2 Å². The van der Waals surface area contributed by atoms with E-state index in [9.17, 15) is 5.11 Å². The molecule has 0 aliphatic carbocycles. The molecule has 1 aliphatic heterocycles. The number of hydrogen-bond donors (Lipinski definition) is 2. The van der Waals surface area contributed by atoms with Gasteiger partial charge in [-0.15, -0.1) is 0 Å². The van der Waals surface area contributed by atoms with Crippen LogP contribution in [-0.2, 0) is 6.42 Å². The predicted molar refractivity (Wildman–Crippen MR) is 65.7 cm³/mol. The maximum atomic E-state index is 9.93. The fourth-order valence-corrected chi connectivity index (χ4v) is 1.87. The van der Waals surface area contributed by atoms with Gasteiger partial charge in [0.1, 0.15) is 5.75 Å². The molecule has 0 amide bonds. The Morgan fingerprint density at radius 3 is 2.41 bits per heavy atom. The van der Waals surface area contributed by atoms with Gasteiger partial charge in [-0.25, -0.2) is 0 Å². The lowest BCUT2D eigenvalue weighted by molar-refractivity contribution is 0.296. The number of hydrogen-bond acceptors (Lipinski definition) is 4. The molecule has 2 rings (SSSR count). The molecule has 0 fully saturated rings. The van der Waals surface area contributed by atoms with Crippen molar-refractivity contribution in [1.82, 2.24) is 0 Å². The van der Waals surface area contributed by atoms with Crippen LogP contribution in [0.3, 0.4) is 0 Å². The van der Waals surface area contributed by atoms with E-state index in [1.807, 2.05) is 19.9 Å². The summed E-state index contributed by atoms with van der Waals surface area (Å²) in [5.41, 5.74) is 6.39. The van der Waals surface area contributed by atoms with Crippen molar-refractivity contribution in [3.8, 4) is 17.2 Å². The average Bonchev–Trinajstić information content (AvgIpc) is 2.41. The molecule has 0 spiro atoms. The molecule has 0 saturated heterocycles. The molecule has 0 saturated carbocycles. The van der Waals surface area contributed by atoms with Crippen molar-refractivity contribution in [3.05, 3.63) is 17.7 Å². The Morgan fingerprint density at radius 1 is 1.24 bits per heavy atom. The molecule has 0 aromatic heterocycles. The third kappa shape index (κ3) is 3.03. The van der Waals surface area contributed by atoms with Gasteiger partial charge in [-0.05, 0) is 31.9 Å². The minimum absolute atomic E-state index is 0.216. The van der Waals surface area contributed by atoms with Crippen molar-refractivity contribution in [1.29, 1.82) is 0 Å². The van der Waals surface area contributed by atoms with Crippen LogP contribution in [0.5, 0.6) is 17.2 Å². The first-order chi connectivity index (χ1) is 7.96. The van der Waals surface area contributed by atoms with Gasteiger partial charge in [0.25, 0.3) is 0 Å². The van der Waals surface area contributed by atoms with Crippen LogP contribution in [0.1, 0.15) is 25.8 Å². The second-order valence-electron chi connectivity index (χ2n) is 5.14. The summed E-state index contributed by atoms with van der Waals surface area (Å²) in [4.78, 5) is 0. The number of phenolic OH excluding ortho intramolecular Hbond substituents is 1. The molecular weight excluding hydrogens is 218 g/mol. The maximum absolute atomic E-state index is 9.93. The zero-order valence-electron chi connectivity index (χ0n) is 10.3. The van der Waals surface area contributed by atoms with Crippen LogP contribution >= 0.6 is 0 Å². The third-order valence-corrected chi connectivity index (χ3v) is 2.59. The standard InChI is InChI=1S/C13H19NO3/c1-13(2,14)8-9-6-11-12(7-10(9)15)17-5-3-4-16-11/h6-7,15H,3-5,8,14H2,1-2H3. The molecule has 0 unspecified atom stereocenters. The van der Waals surface area contributed by atoms with Crippen LogP contribution in [-0.4, -0.2) is 23.9 Å². The van der Waals surface area contributed by atoms with E-state index < -0.39 is 0 Å². The highest BCUT2D eigenvalue weighted by Crippen LogP contribution is 2.36. The number of ether oxygens (including phenoxy) is 2. The number of benzene rings is 1. The van der Waals surface area contributed by atoms with Crippen molar-refractivity contribution in [2.75, 3.05) is 13.2 Å². The Hall–Kier alpha value is -1.42. The third-order valence-electron chi connectivity index (χ3n) is 2.59. The fourth-order valence-electron chi connectivity index (χ4n) is 1.87. The van der Waals surface area contributed by atoms with E-state index in [4.69, 9.17) is 15.2 Å². The highest BCUT2D eigenvalue weighted by Gasteiger charge is 2.19. The quantitative estimate of drug-likeness (QED) is 0.823. The number of phenols is 1. The number of nitrogens with two attached hydrogens (primary N) is 1. The molecule has 0 bridgehead atoms. The second-order valence-corrected chi connectivity index (χ2v) is 5.14. The van der Waals surface area contributed by atoms with Crippen molar-refractivity contribution in [3.63, 3.8) is 0 Å².